The molecule has 1 rings (SSSR count). The number of benzene rings is 1. The van der Waals surface area contributed by atoms with E-state index in [0.29, 0.717) is 15.5 Å². The number of rotatable bonds is 2. The number of amides is 1. The molecule has 1 aromatic carbocycles. The van der Waals surface area contributed by atoms with E-state index in [4.69, 9.17) is 11.6 Å². The summed E-state index contributed by atoms with van der Waals surface area (Å²) in [5.41, 5.74) is 0.592. The lowest BCUT2D eigenvalue weighted by Crippen LogP contribution is -2.39. The van der Waals surface area contributed by atoms with E-state index in [9.17, 15) is 18.0 Å². The zero-order valence-corrected chi connectivity index (χ0v) is 10.0. The molecule has 0 bridgehead atoms. The Morgan fingerprint density at radius 2 is 1.76 bits per heavy atom. The maximum absolute atomic E-state index is 12.2. The Balaban J connectivity index is 2.87. The first kappa shape index (κ1) is 13.8. The van der Waals surface area contributed by atoms with Crippen LogP contribution in [0.4, 0.5) is 13.2 Å². The van der Waals surface area contributed by atoms with E-state index in [-0.39, 0.29) is 0 Å². The van der Waals surface area contributed by atoms with Gasteiger partial charge in [0.25, 0.3) is 0 Å². The maximum Gasteiger partial charge on any atom is 0.471 e. The monoisotopic (exact) mass is 265 g/mol. The molecule has 1 aromatic rings. The summed E-state index contributed by atoms with van der Waals surface area (Å²) in [7, 11) is 1.12. The molecule has 0 aliphatic heterocycles. The topological polar surface area (TPSA) is 20.3 Å². The summed E-state index contributed by atoms with van der Waals surface area (Å²) in [5.74, 6) is -1.86. The van der Waals surface area contributed by atoms with Crippen molar-refractivity contribution in [3.63, 3.8) is 0 Å². The smallest absolute Gasteiger partial charge is 0.331 e. The fourth-order valence-electron chi connectivity index (χ4n) is 1.34. The molecular weight excluding hydrogens is 255 g/mol. The van der Waals surface area contributed by atoms with Crippen LogP contribution in [-0.4, -0.2) is 24.0 Å². The zero-order valence-electron chi connectivity index (χ0n) is 9.25. The van der Waals surface area contributed by atoms with Gasteiger partial charge in [-0.05, 0) is 24.6 Å². The van der Waals surface area contributed by atoms with E-state index in [1.165, 1.54) is 6.92 Å². The summed E-state index contributed by atoms with van der Waals surface area (Å²) in [5, 5.41) is 0.491. The van der Waals surface area contributed by atoms with Gasteiger partial charge in [0.1, 0.15) is 0 Å². The minimum absolute atomic E-state index is 0.491. The Labute approximate surface area is 102 Å². The van der Waals surface area contributed by atoms with Gasteiger partial charge in [-0.15, -0.1) is 0 Å². The molecule has 0 fully saturated rings. The van der Waals surface area contributed by atoms with Crippen molar-refractivity contribution >= 4 is 17.5 Å². The molecule has 0 aliphatic rings. The van der Waals surface area contributed by atoms with Gasteiger partial charge in [0.05, 0.1) is 6.04 Å². The average molecular weight is 266 g/mol. The molecule has 0 radical (unpaired) electrons. The fraction of sp³-hybridized carbons (Fsp3) is 0.364. The number of alkyl halides is 3. The van der Waals surface area contributed by atoms with Gasteiger partial charge in [-0.3, -0.25) is 4.79 Å². The van der Waals surface area contributed by atoms with Gasteiger partial charge in [-0.2, -0.15) is 13.2 Å². The molecule has 94 valence electrons. The highest BCUT2D eigenvalue weighted by Gasteiger charge is 2.42. The second-order valence-corrected chi connectivity index (χ2v) is 4.08. The molecule has 0 heterocycles. The Morgan fingerprint density at radius 3 is 2.18 bits per heavy atom. The second kappa shape index (κ2) is 4.96. The third-order valence-corrected chi connectivity index (χ3v) is 2.75. The van der Waals surface area contributed by atoms with Crippen molar-refractivity contribution < 1.29 is 18.0 Å². The third-order valence-electron chi connectivity index (χ3n) is 2.50. The molecule has 6 heteroatoms. The highest BCUT2D eigenvalue weighted by atomic mass is 35.5. The molecule has 17 heavy (non-hydrogen) atoms. The molecule has 0 saturated heterocycles. The van der Waals surface area contributed by atoms with Crippen molar-refractivity contribution in [2.75, 3.05) is 7.05 Å². The first-order valence-electron chi connectivity index (χ1n) is 4.83. The zero-order chi connectivity index (χ0) is 13.2. The van der Waals surface area contributed by atoms with E-state index in [1.807, 2.05) is 0 Å². The van der Waals surface area contributed by atoms with Crippen LogP contribution >= 0.6 is 11.6 Å². The van der Waals surface area contributed by atoms with Crippen LogP contribution in [0.3, 0.4) is 0 Å². The van der Waals surface area contributed by atoms with Crippen LogP contribution in [0.15, 0.2) is 24.3 Å². The van der Waals surface area contributed by atoms with Crippen LogP contribution in [0.5, 0.6) is 0 Å². The number of nitrogens with zero attached hydrogens (tertiary/aromatic N) is 1. The highest BCUT2D eigenvalue weighted by molar-refractivity contribution is 6.30. The van der Waals surface area contributed by atoms with Gasteiger partial charge in [0.2, 0.25) is 0 Å². The summed E-state index contributed by atoms with van der Waals surface area (Å²) in [4.78, 5) is 11.7. The quantitative estimate of drug-likeness (QED) is 0.802. The normalized spacial score (nSPS) is 13.3. The summed E-state index contributed by atoms with van der Waals surface area (Å²) in [6.07, 6.45) is -4.85. The molecule has 0 N–H and O–H groups in total. The van der Waals surface area contributed by atoms with Crippen LogP contribution in [0, 0.1) is 0 Å². The van der Waals surface area contributed by atoms with Gasteiger partial charge in [-0.25, -0.2) is 0 Å². The number of carbonyl (C=O) groups is 1. The highest BCUT2D eigenvalue weighted by Crippen LogP contribution is 2.25. The maximum atomic E-state index is 12.2. The van der Waals surface area contributed by atoms with Crippen molar-refractivity contribution in [1.29, 1.82) is 0 Å². The van der Waals surface area contributed by atoms with Gasteiger partial charge >= 0.3 is 12.1 Å². The third kappa shape index (κ3) is 3.36. The van der Waals surface area contributed by atoms with Crippen LogP contribution < -0.4 is 0 Å². The predicted octanol–water partition coefficient (Wildman–Crippen LogP) is 3.42. The number of hydrogen-bond acceptors (Lipinski definition) is 1. The molecular formula is C11H11ClF3NO. The number of halogens is 4. The molecule has 1 amide bonds. The first-order valence-corrected chi connectivity index (χ1v) is 5.20. The van der Waals surface area contributed by atoms with E-state index < -0.39 is 18.1 Å². The fourth-order valence-corrected chi connectivity index (χ4v) is 1.47. The molecule has 2 nitrogen and oxygen atoms in total. The van der Waals surface area contributed by atoms with Crippen molar-refractivity contribution in [3.8, 4) is 0 Å². The number of hydrogen-bond donors (Lipinski definition) is 0. The van der Waals surface area contributed by atoms with Crippen molar-refractivity contribution in [2.45, 2.75) is 19.1 Å². The lowest BCUT2D eigenvalue weighted by molar-refractivity contribution is -0.186. The molecule has 1 unspecified atom stereocenters. The Bertz CT molecular complexity index is 402. The van der Waals surface area contributed by atoms with Crippen molar-refractivity contribution in [2.24, 2.45) is 0 Å². The van der Waals surface area contributed by atoms with Crippen LogP contribution in [0.2, 0.25) is 5.02 Å². The van der Waals surface area contributed by atoms with Crippen molar-refractivity contribution in [1.82, 2.24) is 4.90 Å². The Kier molecular flexibility index (Phi) is 4.03. The Morgan fingerprint density at radius 1 is 1.29 bits per heavy atom. The van der Waals surface area contributed by atoms with Crippen LogP contribution in [0.1, 0.15) is 18.5 Å². The van der Waals surface area contributed by atoms with E-state index in [2.05, 4.69) is 0 Å². The van der Waals surface area contributed by atoms with Crippen LogP contribution in [0.25, 0.3) is 0 Å². The standard InChI is InChI=1S/C11H11ClF3NO/c1-7(8-3-5-9(12)6-4-8)16(2)10(17)11(13,14)15/h3-7H,1-2H3. The second-order valence-electron chi connectivity index (χ2n) is 3.64. The average Bonchev–Trinajstić information content (AvgIpc) is 2.26. The molecule has 0 aliphatic carbocycles. The van der Waals surface area contributed by atoms with E-state index in [1.54, 1.807) is 24.3 Å². The molecule has 0 saturated carbocycles. The van der Waals surface area contributed by atoms with Gasteiger partial charge in [-0.1, -0.05) is 23.7 Å². The number of carbonyl (C=O) groups excluding carboxylic acids is 1. The first-order chi connectivity index (χ1) is 7.73. The Hall–Kier alpha value is -1.23. The minimum atomic E-state index is -4.85. The van der Waals surface area contributed by atoms with E-state index in [0.717, 1.165) is 7.05 Å². The largest absolute Gasteiger partial charge is 0.471 e. The minimum Gasteiger partial charge on any atom is -0.331 e. The summed E-state index contributed by atoms with van der Waals surface area (Å²) >= 11 is 5.67. The summed E-state index contributed by atoms with van der Waals surface area (Å²) in [6, 6.07) is 5.65. The van der Waals surface area contributed by atoms with Gasteiger partial charge in [0.15, 0.2) is 0 Å². The lowest BCUT2D eigenvalue weighted by Gasteiger charge is -2.26. The van der Waals surface area contributed by atoms with Gasteiger partial charge in [0, 0.05) is 12.1 Å². The molecule has 0 aromatic heterocycles. The van der Waals surface area contributed by atoms with Crippen LogP contribution in [-0.2, 0) is 4.79 Å². The summed E-state index contributed by atoms with van der Waals surface area (Å²) in [6.45, 7) is 1.52. The SMILES string of the molecule is CC(c1ccc(Cl)cc1)N(C)C(=O)C(F)(F)F. The molecule has 0 spiro atoms. The summed E-state index contributed by atoms with van der Waals surface area (Å²) < 4.78 is 36.7. The van der Waals surface area contributed by atoms with Gasteiger partial charge < -0.3 is 4.90 Å². The predicted molar refractivity (Wildman–Crippen MR) is 58.7 cm³/mol. The van der Waals surface area contributed by atoms with E-state index >= 15 is 0 Å². The molecule has 1 atom stereocenters. The van der Waals surface area contributed by atoms with Crippen molar-refractivity contribution in [3.05, 3.63) is 34.9 Å². The lowest BCUT2D eigenvalue weighted by atomic mass is 10.1.